The van der Waals surface area contributed by atoms with Gasteiger partial charge in [-0.25, -0.2) is 9.79 Å². The molecule has 0 heterocycles. The molecule has 0 saturated carbocycles. The molecule has 0 spiro atoms. The molecule has 1 aromatic rings. The van der Waals surface area contributed by atoms with Gasteiger partial charge in [-0.3, -0.25) is 0 Å². The lowest BCUT2D eigenvalue weighted by molar-refractivity contribution is -0.138. The standard InChI is InChI=1S/C13H15NO2/c1-4-16-13(15)11(3)9-14-12-7-5-10(2)6-8-12/h5-8H,4H2,1-3H3. The maximum Gasteiger partial charge on any atom is 0.343 e. The fourth-order valence-corrected chi connectivity index (χ4v) is 1.05. The van der Waals surface area contributed by atoms with E-state index in [0.29, 0.717) is 12.2 Å². The molecule has 0 atom stereocenters. The second-order valence-electron chi connectivity index (χ2n) is 3.40. The Hall–Kier alpha value is -1.86. The summed E-state index contributed by atoms with van der Waals surface area (Å²) < 4.78 is 4.81. The summed E-state index contributed by atoms with van der Waals surface area (Å²) in [6.07, 6.45) is 0. The van der Waals surface area contributed by atoms with E-state index in [1.165, 1.54) is 5.56 Å². The van der Waals surface area contributed by atoms with Gasteiger partial charge in [-0.1, -0.05) is 17.7 Å². The summed E-state index contributed by atoms with van der Waals surface area (Å²) in [5, 5.41) is 0. The van der Waals surface area contributed by atoms with Crippen molar-refractivity contribution in [3.05, 3.63) is 35.4 Å². The highest BCUT2D eigenvalue weighted by Gasteiger charge is 2.02. The van der Waals surface area contributed by atoms with Crippen LogP contribution < -0.4 is 0 Å². The number of hydrogen-bond acceptors (Lipinski definition) is 3. The van der Waals surface area contributed by atoms with E-state index in [0.717, 1.165) is 5.69 Å². The molecule has 3 nitrogen and oxygen atoms in total. The number of rotatable bonds is 3. The van der Waals surface area contributed by atoms with Crippen molar-refractivity contribution in [1.29, 1.82) is 0 Å². The molecule has 0 fully saturated rings. The van der Waals surface area contributed by atoms with Crippen molar-refractivity contribution in [2.45, 2.75) is 20.8 Å². The zero-order valence-corrected chi connectivity index (χ0v) is 9.78. The summed E-state index contributed by atoms with van der Waals surface area (Å²) in [4.78, 5) is 15.3. The quantitative estimate of drug-likeness (QED) is 0.443. The largest absolute Gasteiger partial charge is 0.462 e. The molecule has 0 bridgehead atoms. The second-order valence-corrected chi connectivity index (χ2v) is 3.40. The first kappa shape index (κ1) is 12.2. The molecule has 0 aliphatic carbocycles. The number of benzene rings is 1. The fourth-order valence-electron chi connectivity index (χ4n) is 1.05. The van der Waals surface area contributed by atoms with Crippen LogP contribution in [0.3, 0.4) is 0 Å². The van der Waals surface area contributed by atoms with Crippen LogP contribution >= 0.6 is 0 Å². The van der Waals surface area contributed by atoms with Crippen LogP contribution in [0.2, 0.25) is 0 Å². The molecule has 0 amide bonds. The third-order valence-corrected chi connectivity index (χ3v) is 1.97. The molecule has 84 valence electrons. The summed E-state index contributed by atoms with van der Waals surface area (Å²) in [6, 6.07) is 7.67. The average Bonchev–Trinajstić information content (AvgIpc) is 2.28. The predicted octanol–water partition coefficient (Wildman–Crippen LogP) is 2.81. The maximum atomic E-state index is 11.2. The van der Waals surface area contributed by atoms with Crippen molar-refractivity contribution in [2.75, 3.05) is 6.61 Å². The number of esters is 1. The minimum Gasteiger partial charge on any atom is -0.462 e. The van der Waals surface area contributed by atoms with Gasteiger partial charge in [0, 0.05) is 0 Å². The number of aryl methyl sites for hydroxylation is 1. The first-order valence-corrected chi connectivity index (χ1v) is 5.17. The lowest BCUT2D eigenvalue weighted by atomic mass is 10.2. The molecule has 0 N–H and O–H groups in total. The minimum atomic E-state index is -0.377. The van der Waals surface area contributed by atoms with E-state index >= 15 is 0 Å². The van der Waals surface area contributed by atoms with Crippen LogP contribution in [-0.4, -0.2) is 18.4 Å². The monoisotopic (exact) mass is 217 g/mol. The van der Waals surface area contributed by atoms with Gasteiger partial charge in [0.15, 0.2) is 0 Å². The van der Waals surface area contributed by atoms with Crippen molar-refractivity contribution in [3.63, 3.8) is 0 Å². The molecule has 1 aromatic carbocycles. The smallest absolute Gasteiger partial charge is 0.343 e. The van der Waals surface area contributed by atoms with Crippen molar-refractivity contribution in [2.24, 2.45) is 4.99 Å². The van der Waals surface area contributed by atoms with Gasteiger partial charge < -0.3 is 4.74 Å². The zero-order chi connectivity index (χ0) is 12.0. The van der Waals surface area contributed by atoms with E-state index < -0.39 is 0 Å². The second kappa shape index (κ2) is 5.89. The summed E-state index contributed by atoms with van der Waals surface area (Å²) in [5.41, 5.74) is 2.32. The Morgan fingerprint density at radius 2 is 2.00 bits per heavy atom. The fraction of sp³-hybridized carbons (Fsp3) is 0.308. The van der Waals surface area contributed by atoms with E-state index in [-0.39, 0.29) is 5.97 Å². The molecule has 16 heavy (non-hydrogen) atoms. The van der Waals surface area contributed by atoms with Crippen LogP contribution in [0.4, 0.5) is 5.69 Å². The summed E-state index contributed by atoms with van der Waals surface area (Å²) in [7, 11) is 0. The van der Waals surface area contributed by atoms with E-state index in [1.807, 2.05) is 31.2 Å². The number of nitrogens with zero attached hydrogens (tertiary/aromatic N) is 1. The first-order chi connectivity index (χ1) is 7.63. The molecule has 0 aliphatic heterocycles. The third kappa shape index (κ3) is 3.71. The average molecular weight is 217 g/mol. The van der Waals surface area contributed by atoms with Gasteiger partial charge in [0.05, 0.1) is 17.9 Å². The van der Waals surface area contributed by atoms with Crippen LogP contribution in [0.5, 0.6) is 0 Å². The first-order valence-electron chi connectivity index (χ1n) is 5.17. The Bertz CT molecular complexity index is 426. The molecular formula is C13H15NO2. The van der Waals surface area contributed by atoms with Crippen LogP contribution in [-0.2, 0) is 9.53 Å². The van der Waals surface area contributed by atoms with Gasteiger partial charge in [0.25, 0.3) is 0 Å². The van der Waals surface area contributed by atoms with Gasteiger partial charge in [0.1, 0.15) is 0 Å². The van der Waals surface area contributed by atoms with Gasteiger partial charge in [0.2, 0.25) is 0 Å². The molecule has 0 radical (unpaired) electrons. The van der Waals surface area contributed by atoms with Crippen molar-refractivity contribution in [3.8, 4) is 0 Å². The molecule has 0 unspecified atom stereocenters. The van der Waals surface area contributed by atoms with E-state index in [1.54, 1.807) is 13.8 Å². The Morgan fingerprint density at radius 3 is 2.56 bits per heavy atom. The van der Waals surface area contributed by atoms with Crippen molar-refractivity contribution >= 4 is 17.5 Å². The minimum absolute atomic E-state index is 0.363. The normalized spacial score (nSPS) is 9.19. The lowest BCUT2D eigenvalue weighted by Crippen LogP contribution is -2.05. The number of hydrogen-bond donors (Lipinski definition) is 0. The molecule has 0 aromatic heterocycles. The molecule has 1 rings (SSSR count). The Labute approximate surface area is 95.5 Å². The van der Waals surface area contributed by atoms with Crippen LogP contribution in [0.1, 0.15) is 19.4 Å². The highest BCUT2D eigenvalue weighted by atomic mass is 16.5. The van der Waals surface area contributed by atoms with Crippen LogP contribution in [0.15, 0.2) is 34.8 Å². The summed E-state index contributed by atoms with van der Waals surface area (Å²) in [5.74, 6) is 2.29. The Kier molecular flexibility index (Phi) is 4.49. The van der Waals surface area contributed by atoms with Gasteiger partial charge >= 0.3 is 5.97 Å². The van der Waals surface area contributed by atoms with E-state index in [4.69, 9.17) is 4.74 Å². The van der Waals surface area contributed by atoms with E-state index in [2.05, 4.69) is 10.9 Å². The SMILES string of the molecule is CCOC(=O)C(C)=C=Nc1ccc(C)cc1. The maximum absolute atomic E-state index is 11.2. The number of carbonyl (C=O) groups excluding carboxylic acids is 1. The highest BCUT2D eigenvalue weighted by Crippen LogP contribution is 2.11. The zero-order valence-electron chi connectivity index (χ0n) is 9.78. The van der Waals surface area contributed by atoms with Crippen molar-refractivity contribution in [1.82, 2.24) is 0 Å². The molecule has 0 saturated heterocycles. The van der Waals surface area contributed by atoms with E-state index in [9.17, 15) is 4.79 Å². The van der Waals surface area contributed by atoms with Gasteiger partial charge in [-0.2, -0.15) is 0 Å². The number of carbonyl (C=O) groups is 1. The Balaban J connectivity index is 2.82. The number of ether oxygens (including phenoxy) is 1. The number of aliphatic imine (C=N–C) groups is 1. The van der Waals surface area contributed by atoms with Crippen LogP contribution in [0, 0.1) is 6.92 Å². The van der Waals surface area contributed by atoms with Crippen molar-refractivity contribution < 1.29 is 9.53 Å². The lowest BCUT2D eigenvalue weighted by Gasteiger charge is -1.97. The van der Waals surface area contributed by atoms with Crippen LogP contribution in [0.25, 0.3) is 0 Å². The highest BCUT2D eigenvalue weighted by molar-refractivity contribution is 5.97. The topological polar surface area (TPSA) is 38.7 Å². The summed E-state index contributed by atoms with van der Waals surface area (Å²) in [6.45, 7) is 5.77. The molecule has 0 aliphatic rings. The van der Waals surface area contributed by atoms with Gasteiger partial charge in [-0.05, 0) is 38.8 Å². The molecular weight excluding hydrogens is 202 g/mol. The Morgan fingerprint density at radius 1 is 1.38 bits per heavy atom. The third-order valence-electron chi connectivity index (χ3n) is 1.97. The van der Waals surface area contributed by atoms with Gasteiger partial charge in [-0.15, -0.1) is 0 Å². The summed E-state index contributed by atoms with van der Waals surface area (Å²) >= 11 is 0. The predicted molar refractivity (Wildman–Crippen MR) is 64.1 cm³/mol. The molecule has 3 heteroatoms.